The van der Waals surface area contributed by atoms with Crippen molar-refractivity contribution in [1.82, 2.24) is 13.3 Å². The third-order valence-corrected chi connectivity index (χ3v) is 4.26. The summed E-state index contributed by atoms with van der Waals surface area (Å²) in [5.74, 6) is 2.13. The van der Waals surface area contributed by atoms with Crippen LogP contribution in [0.1, 0.15) is 10.4 Å². The maximum absolute atomic E-state index is 11.7. The lowest BCUT2D eigenvalue weighted by Gasteiger charge is -2.01. The minimum atomic E-state index is -0.222. The Labute approximate surface area is 148 Å². The third kappa shape index (κ3) is 4.53. The van der Waals surface area contributed by atoms with Crippen molar-refractivity contribution in [2.75, 3.05) is 19.1 Å². The van der Waals surface area contributed by atoms with Gasteiger partial charge in [0, 0.05) is 30.5 Å². The van der Waals surface area contributed by atoms with E-state index in [-0.39, 0.29) is 12.5 Å². The van der Waals surface area contributed by atoms with E-state index in [2.05, 4.69) is 26.7 Å². The maximum Gasteiger partial charge on any atom is 0.252 e. The zero-order valence-electron chi connectivity index (χ0n) is 13.2. The monoisotopic (exact) mass is 360 g/mol. The van der Waals surface area contributed by atoms with Gasteiger partial charge < -0.3 is 5.32 Å². The molecule has 0 aliphatic carbocycles. The molecule has 2 aromatic rings. The molecular formula is C15H16N6OS2. The van der Waals surface area contributed by atoms with Gasteiger partial charge >= 0.3 is 0 Å². The highest BCUT2D eigenvalue weighted by Crippen LogP contribution is 2.13. The highest BCUT2D eigenvalue weighted by atomic mass is 32.2. The molecule has 2 rings (SSSR count). The minimum absolute atomic E-state index is 0.198. The SMILES string of the molecule is C#CCNC(=O)c1ccc(/N=N/N=c2n(SC)ccn2SC)cc1. The van der Waals surface area contributed by atoms with Crippen molar-refractivity contribution in [3.05, 3.63) is 47.8 Å². The van der Waals surface area contributed by atoms with Crippen LogP contribution >= 0.6 is 23.9 Å². The minimum Gasteiger partial charge on any atom is -0.341 e. The smallest absolute Gasteiger partial charge is 0.252 e. The third-order valence-electron chi connectivity index (χ3n) is 2.90. The zero-order chi connectivity index (χ0) is 17.4. The van der Waals surface area contributed by atoms with Crippen molar-refractivity contribution in [2.24, 2.45) is 15.4 Å². The average molecular weight is 360 g/mol. The molecule has 1 amide bonds. The first-order valence-corrected chi connectivity index (χ1v) is 9.21. The number of hydrogen-bond donors (Lipinski definition) is 1. The van der Waals surface area contributed by atoms with E-state index in [0.29, 0.717) is 16.9 Å². The van der Waals surface area contributed by atoms with Gasteiger partial charge in [-0.1, -0.05) is 11.0 Å². The second-order valence-electron chi connectivity index (χ2n) is 4.34. The molecule has 0 saturated heterocycles. The first-order valence-electron chi connectivity index (χ1n) is 6.85. The van der Waals surface area contributed by atoms with Gasteiger partial charge in [0.25, 0.3) is 11.5 Å². The number of nitrogens with zero attached hydrogens (tertiary/aromatic N) is 5. The first kappa shape index (κ1) is 17.9. The van der Waals surface area contributed by atoms with Gasteiger partial charge in [-0.2, -0.15) is 0 Å². The Morgan fingerprint density at radius 2 is 1.83 bits per heavy atom. The molecule has 1 aromatic heterocycles. The maximum atomic E-state index is 11.7. The van der Waals surface area contributed by atoms with Crippen molar-refractivity contribution in [3.63, 3.8) is 0 Å². The van der Waals surface area contributed by atoms with Gasteiger partial charge in [-0.05, 0) is 53.4 Å². The average Bonchev–Trinajstić information content (AvgIpc) is 3.02. The standard InChI is InChI=1S/C15H16N6OS2/c1-4-9-16-14(22)12-5-7-13(8-6-12)17-19-18-15-20(23-2)10-11-21(15)24-3/h1,5-8,10-11H,9H2,2-3H3,(H,16,22)/b19-17+. The summed E-state index contributed by atoms with van der Waals surface area (Å²) in [5, 5.41) is 14.7. The second kappa shape index (κ2) is 9.00. The Morgan fingerprint density at radius 3 is 2.38 bits per heavy atom. The molecule has 9 heteroatoms. The largest absolute Gasteiger partial charge is 0.341 e. The Balaban J connectivity index is 2.13. The Kier molecular flexibility index (Phi) is 6.72. The summed E-state index contributed by atoms with van der Waals surface area (Å²) in [6.07, 6.45) is 12.8. The summed E-state index contributed by atoms with van der Waals surface area (Å²) >= 11 is 3.04. The van der Waals surface area contributed by atoms with E-state index in [1.165, 1.54) is 23.9 Å². The molecule has 0 unspecified atom stereocenters. The van der Waals surface area contributed by atoms with Gasteiger partial charge in [-0.3, -0.25) is 12.7 Å². The van der Waals surface area contributed by atoms with E-state index in [1.54, 1.807) is 24.3 Å². The van der Waals surface area contributed by atoms with Crippen LogP contribution in [-0.2, 0) is 0 Å². The molecule has 0 radical (unpaired) electrons. The number of carbonyl (C=O) groups excluding carboxylic acids is 1. The van der Waals surface area contributed by atoms with E-state index in [4.69, 9.17) is 6.42 Å². The Hall–Kier alpha value is -2.44. The number of carbonyl (C=O) groups is 1. The number of amides is 1. The van der Waals surface area contributed by atoms with Crippen LogP contribution in [0.3, 0.4) is 0 Å². The van der Waals surface area contributed by atoms with Crippen LogP contribution in [0, 0.1) is 12.3 Å². The molecule has 0 aliphatic heterocycles. The van der Waals surface area contributed by atoms with E-state index < -0.39 is 0 Å². The topological polar surface area (TPSA) is 76.0 Å². The fraction of sp³-hybridized carbons (Fsp3) is 0.200. The van der Waals surface area contributed by atoms with Crippen LogP contribution in [0.25, 0.3) is 0 Å². The highest BCUT2D eigenvalue weighted by molar-refractivity contribution is 7.97. The van der Waals surface area contributed by atoms with Crippen molar-refractivity contribution >= 4 is 35.5 Å². The van der Waals surface area contributed by atoms with Crippen LogP contribution in [0.4, 0.5) is 5.69 Å². The van der Waals surface area contributed by atoms with Crippen LogP contribution in [0.15, 0.2) is 52.1 Å². The molecule has 0 fully saturated rings. The quantitative estimate of drug-likeness (QED) is 0.488. The van der Waals surface area contributed by atoms with Crippen molar-refractivity contribution < 1.29 is 4.79 Å². The van der Waals surface area contributed by atoms with Crippen LogP contribution < -0.4 is 10.9 Å². The summed E-state index contributed by atoms with van der Waals surface area (Å²) in [4.78, 5) is 11.7. The molecule has 0 saturated carbocycles. The van der Waals surface area contributed by atoms with Crippen LogP contribution in [-0.4, -0.2) is 32.9 Å². The number of hydrogen-bond acceptors (Lipinski definition) is 5. The van der Waals surface area contributed by atoms with Gasteiger partial charge in [-0.15, -0.1) is 11.5 Å². The number of terminal acetylenes is 1. The fourth-order valence-electron chi connectivity index (χ4n) is 1.75. The highest BCUT2D eigenvalue weighted by Gasteiger charge is 2.03. The van der Waals surface area contributed by atoms with Gasteiger partial charge in [0.2, 0.25) is 0 Å². The molecule has 1 heterocycles. The zero-order valence-corrected chi connectivity index (χ0v) is 14.8. The fourth-order valence-corrected chi connectivity index (χ4v) is 2.73. The number of aromatic nitrogens is 2. The molecule has 0 aliphatic rings. The summed E-state index contributed by atoms with van der Waals surface area (Å²) in [7, 11) is 0. The normalized spacial score (nSPS) is 10.5. The molecule has 7 nitrogen and oxygen atoms in total. The molecule has 124 valence electrons. The predicted octanol–water partition coefficient (Wildman–Crippen LogP) is 2.50. The molecule has 24 heavy (non-hydrogen) atoms. The van der Waals surface area contributed by atoms with Crippen molar-refractivity contribution in [3.8, 4) is 12.3 Å². The molecular weight excluding hydrogens is 344 g/mol. The first-order chi connectivity index (χ1) is 11.7. The van der Waals surface area contributed by atoms with E-state index in [9.17, 15) is 4.79 Å². The number of rotatable bonds is 6. The lowest BCUT2D eigenvalue weighted by molar-refractivity contribution is 0.0958. The van der Waals surface area contributed by atoms with E-state index in [0.717, 1.165) is 0 Å². The number of nitrogens with one attached hydrogen (secondary N) is 1. The second-order valence-corrected chi connectivity index (χ2v) is 5.86. The van der Waals surface area contributed by atoms with Gasteiger partial charge in [0.15, 0.2) is 0 Å². The molecule has 0 atom stereocenters. The Morgan fingerprint density at radius 1 is 1.21 bits per heavy atom. The molecule has 1 N–H and O–H groups in total. The molecule has 0 bridgehead atoms. The predicted molar refractivity (Wildman–Crippen MR) is 97.9 cm³/mol. The number of benzene rings is 1. The van der Waals surface area contributed by atoms with Gasteiger partial charge in [0.05, 0.1) is 12.2 Å². The summed E-state index contributed by atoms with van der Waals surface area (Å²) in [6.45, 7) is 0.198. The molecule has 1 aromatic carbocycles. The lowest BCUT2D eigenvalue weighted by Crippen LogP contribution is -2.23. The van der Waals surface area contributed by atoms with Gasteiger partial charge in [0.1, 0.15) is 0 Å². The summed E-state index contributed by atoms with van der Waals surface area (Å²) in [5.41, 5.74) is 1.78. The number of imidazole rings is 1. The Bertz CT molecular complexity index is 804. The van der Waals surface area contributed by atoms with Crippen LogP contribution in [0.2, 0.25) is 0 Å². The van der Waals surface area contributed by atoms with Crippen molar-refractivity contribution in [1.29, 1.82) is 0 Å². The van der Waals surface area contributed by atoms with Gasteiger partial charge in [-0.25, -0.2) is 0 Å². The summed E-state index contributed by atoms with van der Waals surface area (Å²) < 4.78 is 3.77. The lowest BCUT2D eigenvalue weighted by atomic mass is 10.2. The van der Waals surface area contributed by atoms with E-state index in [1.807, 2.05) is 32.9 Å². The van der Waals surface area contributed by atoms with Crippen LogP contribution in [0.5, 0.6) is 0 Å². The van der Waals surface area contributed by atoms with E-state index >= 15 is 0 Å². The summed E-state index contributed by atoms with van der Waals surface area (Å²) in [6, 6.07) is 6.71. The van der Waals surface area contributed by atoms with Crippen molar-refractivity contribution in [2.45, 2.75) is 0 Å². The molecule has 0 spiro atoms.